The van der Waals surface area contributed by atoms with Gasteiger partial charge in [-0.15, -0.1) is 0 Å². The summed E-state index contributed by atoms with van der Waals surface area (Å²) in [6.07, 6.45) is 1.10. The Bertz CT molecular complexity index is 1430. The second-order valence-corrected chi connectivity index (χ2v) is 10.6. The highest BCUT2D eigenvalue weighted by molar-refractivity contribution is 7.90. The van der Waals surface area contributed by atoms with E-state index in [1.54, 1.807) is 38.1 Å². The van der Waals surface area contributed by atoms with E-state index in [1.165, 1.54) is 6.07 Å². The van der Waals surface area contributed by atoms with Crippen molar-refractivity contribution < 1.29 is 32.2 Å². The molecule has 0 aliphatic carbocycles. The Labute approximate surface area is 234 Å². The predicted molar refractivity (Wildman–Crippen MR) is 153 cm³/mol. The van der Waals surface area contributed by atoms with E-state index in [-0.39, 0.29) is 35.3 Å². The summed E-state index contributed by atoms with van der Waals surface area (Å²) in [6.45, 7) is 6.67. The number of rotatable bonds is 13. The van der Waals surface area contributed by atoms with Crippen molar-refractivity contribution in [1.29, 1.82) is 0 Å². The molecule has 0 aromatic heterocycles. The van der Waals surface area contributed by atoms with E-state index in [9.17, 15) is 18.0 Å². The number of amides is 3. The molecule has 3 aromatic rings. The van der Waals surface area contributed by atoms with Crippen LogP contribution in [0.3, 0.4) is 0 Å². The third-order valence-electron chi connectivity index (χ3n) is 5.64. The van der Waals surface area contributed by atoms with Crippen LogP contribution in [0.4, 0.5) is 10.5 Å². The van der Waals surface area contributed by atoms with Gasteiger partial charge < -0.3 is 30.2 Å². The van der Waals surface area contributed by atoms with Crippen LogP contribution in [0.15, 0.2) is 65.6 Å². The lowest BCUT2D eigenvalue weighted by molar-refractivity contribution is 0.0947. The summed E-state index contributed by atoms with van der Waals surface area (Å²) >= 11 is 0. The van der Waals surface area contributed by atoms with Gasteiger partial charge in [-0.1, -0.05) is 30.3 Å². The molecule has 0 aliphatic heterocycles. The lowest BCUT2D eigenvalue weighted by atomic mass is 10.1. The van der Waals surface area contributed by atoms with Gasteiger partial charge in [-0.05, 0) is 50.6 Å². The monoisotopic (exact) mass is 569 g/mol. The quantitative estimate of drug-likeness (QED) is 0.275. The van der Waals surface area contributed by atoms with E-state index in [0.29, 0.717) is 42.5 Å². The van der Waals surface area contributed by atoms with Crippen molar-refractivity contribution in [3.8, 4) is 17.2 Å². The second-order valence-electron chi connectivity index (χ2n) is 8.66. The highest BCUT2D eigenvalue weighted by Crippen LogP contribution is 2.32. The average Bonchev–Trinajstić information content (AvgIpc) is 2.92. The number of nitrogens with one attached hydrogen (secondary N) is 3. The zero-order chi connectivity index (χ0) is 29.1. The Morgan fingerprint density at radius 3 is 2.05 bits per heavy atom. The van der Waals surface area contributed by atoms with Gasteiger partial charge in [-0.3, -0.25) is 4.79 Å². The summed E-state index contributed by atoms with van der Waals surface area (Å²) in [7, 11) is -3.57. The molecule has 3 amide bonds. The Kier molecular flexibility index (Phi) is 10.8. The molecule has 11 heteroatoms. The van der Waals surface area contributed by atoms with Gasteiger partial charge in [-0.2, -0.15) is 0 Å². The summed E-state index contributed by atoms with van der Waals surface area (Å²) in [5, 5.41) is 8.34. The predicted octanol–water partition coefficient (Wildman–Crippen LogP) is 4.54. The third kappa shape index (κ3) is 8.37. The van der Waals surface area contributed by atoms with Crippen molar-refractivity contribution in [2.24, 2.45) is 0 Å². The van der Waals surface area contributed by atoms with Gasteiger partial charge in [0, 0.05) is 36.7 Å². The van der Waals surface area contributed by atoms with Crippen LogP contribution in [0.2, 0.25) is 0 Å². The van der Waals surface area contributed by atoms with Crippen molar-refractivity contribution in [3.63, 3.8) is 0 Å². The Morgan fingerprint density at radius 1 is 0.750 bits per heavy atom. The van der Waals surface area contributed by atoms with Crippen LogP contribution >= 0.6 is 0 Å². The summed E-state index contributed by atoms with van der Waals surface area (Å²) < 4.78 is 41.3. The fraction of sp³-hybridized carbons (Fsp3) is 0.310. The lowest BCUT2D eigenvalue weighted by Crippen LogP contribution is -2.29. The van der Waals surface area contributed by atoms with Gasteiger partial charge in [0.2, 0.25) is 0 Å². The second kappa shape index (κ2) is 14.2. The van der Waals surface area contributed by atoms with Crippen molar-refractivity contribution >= 4 is 27.5 Å². The van der Waals surface area contributed by atoms with Gasteiger partial charge in [0.05, 0.1) is 25.4 Å². The molecule has 0 saturated carbocycles. The van der Waals surface area contributed by atoms with Crippen molar-refractivity contribution in [2.45, 2.75) is 38.8 Å². The molecule has 3 N–H and O–H groups in total. The molecular weight excluding hydrogens is 534 g/mol. The topological polar surface area (TPSA) is 132 Å². The van der Waals surface area contributed by atoms with Crippen LogP contribution in [0.1, 0.15) is 42.3 Å². The summed E-state index contributed by atoms with van der Waals surface area (Å²) in [6, 6.07) is 16.8. The number of sulfone groups is 1. The van der Waals surface area contributed by atoms with Gasteiger partial charge in [0.1, 0.15) is 22.1 Å². The Hall–Kier alpha value is -4.25. The molecular formula is C29H35N3O7S. The maximum atomic E-state index is 13.0. The minimum Gasteiger partial charge on any atom is -0.493 e. The Balaban J connectivity index is 1.75. The fourth-order valence-electron chi connectivity index (χ4n) is 3.86. The highest BCUT2D eigenvalue weighted by Gasteiger charge is 2.20. The van der Waals surface area contributed by atoms with Crippen LogP contribution in [-0.2, 0) is 22.9 Å². The number of ether oxygens (including phenoxy) is 3. The zero-order valence-corrected chi connectivity index (χ0v) is 23.9. The number of carbonyl (C=O) groups excluding carboxylic acids is 2. The first kappa shape index (κ1) is 30.3. The highest BCUT2D eigenvalue weighted by atomic mass is 32.2. The standard InChI is InChI=1S/C29H35N3O7S/c1-5-37-24-14-13-22(16-23(24)28(33)30-18-20-11-9-8-10-12-20)32-29(34)31-19-21-15-26(39-7-3)27(40(4,35)36)17-25(21)38-6-2/h8-17H,5-7,18-19H2,1-4H3,(H,30,33)(H2,31,32,34). The molecule has 3 rings (SSSR count). The van der Waals surface area contributed by atoms with Gasteiger partial charge in [-0.25, -0.2) is 13.2 Å². The molecule has 0 atom stereocenters. The molecule has 3 aromatic carbocycles. The third-order valence-corrected chi connectivity index (χ3v) is 6.76. The van der Waals surface area contributed by atoms with E-state index in [2.05, 4.69) is 16.0 Å². The molecule has 0 heterocycles. The van der Waals surface area contributed by atoms with E-state index in [4.69, 9.17) is 14.2 Å². The normalized spacial score (nSPS) is 10.9. The lowest BCUT2D eigenvalue weighted by Gasteiger charge is -2.17. The molecule has 0 bridgehead atoms. The molecule has 214 valence electrons. The number of hydrogen-bond acceptors (Lipinski definition) is 7. The molecule has 0 unspecified atom stereocenters. The molecule has 0 aliphatic rings. The number of urea groups is 1. The van der Waals surface area contributed by atoms with Crippen LogP contribution < -0.4 is 30.2 Å². The van der Waals surface area contributed by atoms with Crippen molar-refractivity contribution in [3.05, 3.63) is 77.4 Å². The first-order chi connectivity index (χ1) is 19.2. The molecule has 0 spiro atoms. The first-order valence-corrected chi connectivity index (χ1v) is 14.8. The van der Waals surface area contributed by atoms with Gasteiger partial charge >= 0.3 is 6.03 Å². The fourth-order valence-corrected chi connectivity index (χ4v) is 4.66. The summed E-state index contributed by atoms with van der Waals surface area (Å²) in [4.78, 5) is 25.7. The molecule has 0 saturated heterocycles. The van der Waals surface area contributed by atoms with Crippen LogP contribution in [-0.4, -0.2) is 46.4 Å². The van der Waals surface area contributed by atoms with Crippen molar-refractivity contribution in [2.75, 3.05) is 31.4 Å². The Morgan fingerprint density at radius 2 is 1.40 bits per heavy atom. The largest absolute Gasteiger partial charge is 0.493 e. The number of carbonyl (C=O) groups is 2. The number of benzene rings is 3. The van der Waals surface area contributed by atoms with Gasteiger partial charge in [0.15, 0.2) is 9.84 Å². The maximum Gasteiger partial charge on any atom is 0.319 e. The van der Waals surface area contributed by atoms with E-state index in [0.717, 1.165) is 11.8 Å². The zero-order valence-electron chi connectivity index (χ0n) is 23.1. The van der Waals surface area contributed by atoms with E-state index < -0.39 is 15.9 Å². The van der Waals surface area contributed by atoms with Crippen LogP contribution in [0, 0.1) is 0 Å². The van der Waals surface area contributed by atoms with Crippen molar-refractivity contribution in [1.82, 2.24) is 10.6 Å². The average molecular weight is 570 g/mol. The number of hydrogen-bond donors (Lipinski definition) is 3. The molecule has 40 heavy (non-hydrogen) atoms. The summed E-state index contributed by atoms with van der Waals surface area (Å²) in [5.41, 5.74) is 2.16. The first-order valence-electron chi connectivity index (χ1n) is 12.9. The van der Waals surface area contributed by atoms with E-state index >= 15 is 0 Å². The van der Waals surface area contributed by atoms with Gasteiger partial charge in [0.25, 0.3) is 5.91 Å². The van der Waals surface area contributed by atoms with E-state index in [1.807, 2.05) is 37.3 Å². The summed E-state index contributed by atoms with van der Waals surface area (Å²) in [5.74, 6) is 0.565. The maximum absolute atomic E-state index is 13.0. The minimum atomic E-state index is -3.57. The molecule has 0 fully saturated rings. The SMILES string of the molecule is CCOc1cc(S(C)(=O)=O)c(OCC)cc1CNC(=O)Nc1ccc(OCC)c(C(=O)NCc2ccccc2)c1. The number of anilines is 1. The smallest absolute Gasteiger partial charge is 0.319 e. The van der Waals surface area contributed by atoms with Crippen LogP contribution in [0.5, 0.6) is 17.2 Å². The van der Waals surface area contributed by atoms with Crippen LogP contribution in [0.25, 0.3) is 0 Å². The minimum absolute atomic E-state index is 0.0125. The molecule has 0 radical (unpaired) electrons. The molecule has 10 nitrogen and oxygen atoms in total.